The minimum absolute atomic E-state index is 0.0867. The maximum absolute atomic E-state index is 13.4. The van der Waals surface area contributed by atoms with Gasteiger partial charge in [0.05, 0.1) is 25.1 Å². The Kier molecular flexibility index (Phi) is 5.48. The van der Waals surface area contributed by atoms with Gasteiger partial charge in [-0.2, -0.15) is 0 Å². The number of halogens is 1. The summed E-state index contributed by atoms with van der Waals surface area (Å²) < 4.78 is 19.2. The lowest BCUT2D eigenvalue weighted by Gasteiger charge is -2.42. The Morgan fingerprint density at radius 3 is 2.55 bits per heavy atom. The molecule has 2 aliphatic heterocycles. The van der Waals surface area contributed by atoms with E-state index in [4.69, 9.17) is 4.74 Å². The quantitative estimate of drug-likeness (QED) is 0.738. The second-order valence-corrected chi connectivity index (χ2v) is 8.64. The van der Waals surface area contributed by atoms with Crippen LogP contribution in [0.3, 0.4) is 0 Å². The van der Waals surface area contributed by atoms with E-state index >= 15 is 0 Å². The van der Waals surface area contributed by atoms with Crippen molar-refractivity contribution in [3.05, 3.63) is 60.4 Å². The molecule has 29 heavy (non-hydrogen) atoms. The summed E-state index contributed by atoms with van der Waals surface area (Å²) in [5, 5.41) is 0. The standard InChI is InChI=1S/C24H29FN2O2/c1-24(2)17-22-21(27(24)19-12-10-18(25)11-13-19)9-6-15-26(22)23(28)14-16-29-20-7-4-3-5-8-20/h3-5,7-8,10-13,21-22H,6,9,14-17H2,1-2H3/t21-,22-/m0/s1. The van der Waals surface area contributed by atoms with Gasteiger partial charge < -0.3 is 14.5 Å². The van der Waals surface area contributed by atoms with E-state index in [1.807, 2.05) is 42.5 Å². The van der Waals surface area contributed by atoms with Gasteiger partial charge in [0.2, 0.25) is 5.91 Å². The molecule has 0 aromatic heterocycles. The van der Waals surface area contributed by atoms with E-state index in [-0.39, 0.29) is 29.3 Å². The Morgan fingerprint density at radius 2 is 1.83 bits per heavy atom. The minimum Gasteiger partial charge on any atom is -0.493 e. The van der Waals surface area contributed by atoms with Gasteiger partial charge in [-0.15, -0.1) is 0 Å². The van der Waals surface area contributed by atoms with E-state index in [1.165, 1.54) is 12.1 Å². The number of hydrogen-bond donors (Lipinski definition) is 0. The minimum atomic E-state index is -0.221. The fourth-order valence-electron chi connectivity index (χ4n) is 5.01. The number of anilines is 1. The van der Waals surface area contributed by atoms with Crippen molar-refractivity contribution in [1.29, 1.82) is 0 Å². The van der Waals surface area contributed by atoms with E-state index in [2.05, 4.69) is 23.6 Å². The Labute approximate surface area is 172 Å². The van der Waals surface area contributed by atoms with E-state index in [0.717, 1.165) is 37.2 Å². The van der Waals surface area contributed by atoms with Crippen molar-refractivity contribution >= 4 is 11.6 Å². The second-order valence-electron chi connectivity index (χ2n) is 8.64. The van der Waals surface area contributed by atoms with Crippen LogP contribution < -0.4 is 9.64 Å². The van der Waals surface area contributed by atoms with Crippen LogP contribution in [0.4, 0.5) is 10.1 Å². The van der Waals surface area contributed by atoms with Gasteiger partial charge in [-0.05, 0) is 69.5 Å². The normalized spacial score (nSPS) is 23.0. The van der Waals surface area contributed by atoms with Gasteiger partial charge >= 0.3 is 0 Å². The predicted octanol–water partition coefficient (Wildman–Crippen LogP) is 4.64. The third kappa shape index (κ3) is 4.09. The molecule has 4 nitrogen and oxygen atoms in total. The number of rotatable bonds is 5. The average molecular weight is 397 g/mol. The Balaban J connectivity index is 1.45. The zero-order chi connectivity index (χ0) is 20.4. The van der Waals surface area contributed by atoms with Crippen molar-refractivity contribution in [1.82, 2.24) is 4.90 Å². The molecular weight excluding hydrogens is 367 g/mol. The number of likely N-dealkylation sites (tertiary alicyclic amines) is 1. The van der Waals surface area contributed by atoms with Gasteiger partial charge in [0.15, 0.2) is 0 Å². The van der Waals surface area contributed by atoms with Crippen molar-refractivity contribution in [2.45, 2.75) is 57.2 Å². The Hall–Kier alpha value is -2.56. The summed E-state index contributed by atoms with van der Waals surface area (Å²) >= 11 is 0. The molecule has 0 N–H and O–H groups in total. The molecule has 154 valence electrons. The van der Waals surface area contributed by atoms with Crippen LogP contribution in [0, 0.1) is 5.82 Å². The van der Waals surface area contributed by atoms with Gasteiger partial charge in [0.25, 0.3) is 0 Å². The number of carbonyl (C=O) groups excluding carboxylic acids is 1. The topological polar surface area (TPSA) is 32.8 Å². The molecule has 2 aliphatic rings. The van der Waals surface area contributed by atoms with Crippen molar-refractivity contribution in [3.8, 4) is 5.75 Å². The van der Waals surface area contributed by atoms with Crippen LogP contribution in [0.25, 0.3) is 0 Å². The molecule has 0 spiro atoms. The van der Waals surface area contributed by atoms with Crippen LogP contribution in [-0.4, -0.2) is 41.6 Å². The number of benzene rings is 2. The number of fused-ring (bicyclic) bond motifs is 1. The van der Waals surface area contributed by atoms with Crippen LogP contribution in [0.15, 0.2) is 54.6 Å². The SMILES string of the molecule is CC1(C)C[C@H]2[C@H](CCCN2C(=O)CCOc2ccccc2)N1c1ccc(F)cc1. The molecule has 0 unspecified atom stereocenters. The fourth-order valence-corrected chi connectivity index (χ4v) is 5.01. The largest absolute Gasteiger partial charge is 0.493 e. The molecule has 2 atom stereocenters. The number of piperidine rings is 1. The highest BCUT2D eigenvalue weighted by Crippen LogP contribution is 2.43. The number of amides is 1. The van der Waals surface area contributed by atoms with Crippen molar-refractivity contribution < 1.29 is 13.9 Å². The molecule has 2 aromatic carbocycles. The number of nitrogens with zero attached hydrogens (tertiary/aromatic N) is 2. The van der Waals surface area contributed by atoms with Crippen molar-refractivity contribution in [2.75, 3.05) is 18.1 Å². The zero-order valence-electron chi connectivity index (χ0n) is 17.2. The molecule has 4 rings (SSSR count). The first-order valence-electron chi connectivity index (χ1n) is 10.5. The van der Waals surface area contributed by atoms with E-state index in [9.17, 15) is 9.18 Å². The first kappa shape index (κ1) is 19.7. The summed E-state index contributed by atoms with van der Waals surface area (Å²) in [4.78, 5) is 17.5. The highest BCUT2D eigenvalue weighted by molar-refractivity contribution is 5.77. The smallest absolute Gasteiger partial charge is 0.226 e. The first-order chi connectivity index (χ1) is 14.0. The lowest BCUT2D eigenvalue weighted by atomic mass is 9.94. The van der Waals surface area contributed by atoms with E-state index < -0.39 is 0 Å². The lowest BCUT2D eigenvalue weighted by molar-refractivity contribution is -0.135. The van der Waals surface area contributed by atoms with E-state index in [0.29, 0.717) is 13.0 Å². The van der Waals surface area contributed by atoms with Crippen LogP contribution >= 0.6 is 0 Å². The molecule has 0 saturated carbocycles. The highest BCUT2D eigenvalue weighted by atomic mass is 19.1. The lowest BCUT2D eigenvalue weighted by Crippen LogP contribution is -2.53. The number of carbonyl (C=O) groups is 1. The van der Waals surface area contributed by atoms with Gasteiger partial charge in [-0.25, -0.2) is 4.39 Å². The number of hydrogen-bond acceptors (Lipinski definition) is 3. The summed E-state index contributed by atoms with van der Waals surface area (Å²) in [5.41, 5.74) is 0.946. The first-order valence-corrected chi connectivity index (χ1v) is 10.5. The van der Waals surface area contributed by atoms with Gasteiger partial charge in [-0.3, -0.25) is 4.79 Å². The van der Waals surface area contributed by atoms with E-state index in [1.54, 1.807) is 0 Å². The van der Waals surface area contributed by atoms with Crippen LogP contribution in [0.2, 0.25) is 0 Å². The highest BCUT2D eigenvalue weighted by Gasteiger charge is 2.50. The summed E-state index contributed by atoms with van der Waals surface area (Å²) in [6, 6.07) is 16.8. The van der Waals surface area contributed by atoms with Crippen molar-refractivity contribution in [3.63, 3.8) is 0 Å². The summed E-state index contributed by atoms with van der Waals surface area (Å²) in [6.07, 6.45) is 3.34. The number of para-hydroxylation sites is 1. The monoisotopic (exact) mass is 396 g/mol. The van der Waals surface area contributed by atoms with Crippen LogP contribution in [-0.2, 0) is 4.79 Å². The molecule has 2 aromatic rings. The molecule has 0 bridgehead atoms. The molecule has 1 amide bonds. The Bertz CT molecular complexity index is 838. The maximum Gasteiger partial charge on any atom is 0.226 e. The average Bonchev–Trinajstić information content (AvgIpc) is 2.99. The molecule has 5 heteroatoms. The molecule has 0 aliphatic carbocycles. The Morgan fingerprint density at radius 1 is 1.10 bits per heavy atom. The summed E-state index contributed by atoms with van der Waals surface area (Å²) in [7, 11) is 0. The maximum atomic E-state index is 13.4. The molecule has 0 radical (unpaired) electrons. The van der Waals surface area contributed by atoms with Crippen LogP contribution in [0.5, 0.6) is 5.75 Å². The van der Waals surface area contributed by atoms with Gasteiger partial charge in [0, 0.05) is 17.8 Å². The third-order valence-electron chi connectivity index (χ3n) is 6.19. The second kappa shape index (κ2) is 8.05. The van der Waals surface area contributed by atoms with Gasteiger partial charge in [0.1, 0.15) is 11.6 Å². The number of ether oxygens (including phenoxy) is 1. The zero-order valence-corrected chi connectivity index (χ0v) is 17.2. The third-order valence-corrected chi connectivity index (χ3v) is 6.19. The fraction of sp³-hybridized carbons (Fsp3) is 0.458. The molecule has 2 fully saturated rings. The van der Waals surface area contributed by atoms with Crippen LogP contribution in [0.1, 0.15) is 39.5 Å². The molecule has 2 saturated heterocycles. The summed E-state index contributed by atoms with van der Waals surface area (Å²) in [5.74, 6) is 0.731. The molecular formula is C24H29FN2O2. The van der Waals surface area contributed by atoms with Crippen molar-refractivity contribution in [2.24, 2.45) is 0 Å². The van der Waals surface area contributed by atoms with Gasteiger partial charge in [-0.1, -0.05) is 18.2 Å². The predicted molar refractivity (Wildman–Crippen MR) is 113 cm³/mol. The molecule has 2 heterocycles. The summed E-state index contributed by atoms with van der Waals surface area (Å²) in [6.45, 7) is 5.63.